The van der Waals surface area contributed by atoms with Crippen LogP contribution in [0.4, 0.5) is 10.6 Å². The average Bonchev–Trinajstić information content (AvgIpc) is 2.41. The summed E-state index contributed by atoms with van der Waals surface area (Å²) < 4.78 is 5.20. The first kappa shape index (κ1) is 15.6. The van der Waals surface area contributed by atoms with Crippen molar-refractivity contribution in [1.29, 1.82) is 0 Å². The quantitative estimate of drug-likeness (QED) is 0.837. The predicted molar refractivity (Wildman–Crippen MR) is 83.4 cm³/mol. The normalized spacial score (nSPS) is 17.6. The number of pyridine rings is 1. The van der Waals surface area contributed by atoms with Gasteiger partial charge in [-0.2, -0.15) is 0 Å². The van der Waals surface area contributed by atoms with Gasteiger partial charge < -0.3 is 15.4 Å². The molecule has 2 N–H and O–H groups in total. The summed E-state index contributed by atoms with van der Waals surface area (Å²) in [5.74, 6) is 1.01. The first-order valence-electron chi connectivity index (χ1n) is 7.61. The van der Waals surface area contributed by atoms with Crippen molar-refractivity contribution in [3.8, 4) is 0 Å². The Morgan fingerprint density at radius 1 is 1.52 bits per heavy atom. The highest BCUT2D eigenvalue weighted by molar-refractivity contribution is 5.67. The lowest BCUT2D eigenvalue weighted by atomic mass is 9.98. The van der Waals surface area contributed by atoms with E-state index in [1.54, 1.807) is 0 Å². The predicted octanol–water partition coefficient (Wildman–Crippen LogP) is 3.11. The number of hydrogen-bond acceptors (Lipinski definition) is 4. The van der Waals surface area contributed by atoms with Crippen LogP contribution >= 0.6 is 0 Å². The number of amides is 1. The molecular weight excluding hydrogens is 266 g/mol. The van der Waals surface area contributed by atoms with E-state index in [9.17, 15) is 4.79 Å². The van der Waals surface area contributed by atoms with Crippen LogP contribution in [0.5, 0.6) is 0 Å². The van der Waals surface area contributed by atoms with Crippen molar-refractivity contribution >= 4 is 11.9 Å². The van der Waals surface area contributed by atoms with Gasteiger partial charge in [-0.3, -0.25) is 0 Å². The summed E-state index contributed by atoms with van der Waals surface area (Å²) in [6, 6.07) is 4.54. The Bertz CT molecular complexity index is 483. The summed E-state index contributed by atoms with van der Waals surface area (Å²) in [5.41, 5.74) is 0.852. The van der Waals surface area contributed by atoms with E-state index in [0.29, 0.717) is 12.6 Å². The lowest BCUT2D eigenvalue weighted by Gasteiger charge is -2.26. The molecule has 1 aromatic heterocycles. The van der Waals surface area contributed by atoms with Crippen LogP contribution in [0.25, 0.3) is 0 Å². The fourth-order valence-corrected chi connectivity index (χ4v) is 2.44. The highest BCUT2D eigenvalue weighted by Crippen LogP contribution is 2.23. The molecule has 0 saturated carbocycles. The first-order valence-corrected chi connectivity index (χ1v) is 7.61. The molecule has 5 heteroatoms. The average molecular weight is 291 g/mol. The van der Waals surface area contributed by atoms with E-state index in [0.717, 1.165) is 31.5 Å². The van der Waals surface area contributed by atoms with Crippen molar-refractivity contribution in [3.05, 3.63) is 23.9 Å². The lowest BCUT2D eigenvalue weighted by molar-refractivity contribution is 0.0527. The van der Waals surface area contributed by atoms with Gasteiger partial charge >= 0.3 is 6.09 Å². The maximum atomic E-state index is 11.5. The van der Waals surface area contributed by atoms with Gasteiger partial charge in [0.1, 0.15) is 11.4 Å². The number of anilines is 1. The molecule has 1 amide bonds. The highest BCUT2D eigenvalue weighted by Gasteiger charge is 2.18. The van der Waals surface area contributed by atoms with Crippen molar-refractivity contribution in [2.24, 2.45) is 0 Å². The molecular formula is C16H25N3O2. The van der Waals surface area contributed by atoms with E-state index in [1.807, 2.05) is 33.0 Å². The van der Waals surface area contributed by atoms with E-state index in [2.05, 4.69) is 21.7 Å². The summed E-state index contributed by atoms with van der Waals surface area (Å²) in [5, 5.41) is 6.26. The van der Waals surface area contributed by atoms with E-state index in [4.69, 9.17) is 4.74 Å². The number of fused-ring (bicyclic) bond motifs is 1. The van der Waals surface area contributed by atoms with Crippen molar-refractivity contribution < 1.29 is 9.53 Å². The van der Waals surface area contributed by atoms with Crippen LogP contribution in [0.3, 0.4) is 0 Å². The van der Waals surface area contributed by atoms with Crippen LogP contribution in [0, 0.1) is 0 Å². The maximum Gasteiger partial charge on any atom is 0.407 e. The number of carbonyl (C=O) groups is 1. The van der Waals surface area contributed by atoms with Gasteiger partial charge in [0.05, 0.1) is 0 Å². The zero-order valence-electron chi connectivity index (χ0n) is 13.1. The summed E-state index contributed by atoms with van der Waals surface area (Å²) in [7, 11) is 0. The molecule has 116 valence electrons. The SMILES string of the molecule is CC(C)(C)OC(=O)NCCC[C@@H]1CCc2cccnc2N1. The number of nitrogens with zero attached hydrogens (tertiary/aromatic N) is 1. The van der Waals surface area contributed by atoms with Crippen LogP contribution in [-0.4, -0.2) is 29.3 Å². The maximum absolute atomic E-state index is 11.5. The molecule has 1 atom stereocenters. The Labute approximate surface area is 126 Å². The second kappa shape index (κ2) is 6.78. The molecule has 0 aliphatic carbocycles. The number of ether oxygens (including phenoxy) is 1. The number of alkyl carbamates (subject to hydrolysis) is 1. The zero-order chi connectivity index (χ0) is 15.3. The number of nitrogens with one attached hydrogen (secondary N) is 2. The third-order valence-corrected chi connectivity index (χ3v) is 3.39. The first-order chi connectivity index (χ1) is 9.94. The number of carbonyl (C=O) groups excluding carboxylic acids is 1. The van der Waals surface area contributed by atoms with Gasteiger partial charge in [-0.25, -0.2) is 9.78 Å². The third kappa shape index (κ3) is 5.25. The van der Waals surface area contributed by atoms with Gasteiger partial charge in [0.2, 0.25) is 0 Å². The minimum absolute atomic E-state index is 0.342. The molecule has 0 saturated heterocycles. The fraction of sp³-hybridized carbons (Fsp3) is 0.625. The number of aryl methyl sites for hydroxylation is 1. The highest BCUT2D eigenvalue weighted by atomic mass is 16.6. The van der Waals surface area contributed by atoms with Crippen LogP contribution in [0.15, 0.2) is 18.3 Å². The molecule has 1 aliphatic heterocycles. The van der Waals surface area contributed by atoms with Crippen LogP contribution in [0.2, 0.25) is 0 Å². The second-order valence-corrected chi connectivity index (χ2v) is 6.46. The molecule has 1 aliphatic rings. The van der Waals surface area contributed by atoms with E-state index < -0.39 is 5.60 Å². The third-order valence-electron chi connectivity index (χ3n) is 3.39. The lowest BCUT2D eigenvalue weighted by Crippen LogP contribution is -2.33. The molecule has 0 bridgehead atoms. The van der Waals surface area contributed by atoms with Gasteiger partial charge in [-0.15, -0.1) is 0 Å². The Balaban J connectivity index is 1.65. The standard InChI is InChI=1S/C16H25N3O2/c1-16(2,3)21-15(20)18-11-5-7-13-9-8-12-6-4-10-17-14(12)19-13/h4,6,10,13H,5,7-9,11H2,1-3H3,(H,17,19)(H,18,20)/t13-/m1/s1. The molecule has 0 aromatic carbocycles. The van der Waals surface area contributed by atoms with E-state index >= 15 is 0 Å². The summed E-state index contributed by atoms with van der Waals surface area (Å²) in [6.45, 7) is 6.23. The van der Waals surface area contributed by atoms with Gasteiger partial charge in [0, 0.05) is 18.8 Å². The topological polar surface area (TPSA) is 63.2 Å². The van der Waals surface area contributed by atoms with Crippen molar-refractivity contribution in [1.82, 2.24) is 10.3 Å². The van der Waals surface area contributed by atoms with Crippen molar-refractivity contribution in [3.63, 3.8) is 0 Å². The van der Waals surface area contributed by atoms with Gasteiger partial charge in [0.25, 0.3) is 0 Å². The van der Waals surface area contributed by atoms with Crippen LogP contribution < -0.4 is 10.6 Å². The van der Waals surface area contributed by atoms with Crippen LogP contribution in [0.1, 0.15) is 45.6 Å². The molecule has 0 radical (unpaired) electrons. The number of rotatable bonds is 4. The van der Waals surface area contributed by atoms with E-state index in [1.165, 1.54) is 5.56 Å². The summed E-state index contributed by atoms with van der Waals surface area (Å²) in [4.78, 5) is 15.9. The Morgan fingerprint density at radius 2 is 2.33 bits per heavy atom. The molecule has 0 unspecified atom stereocenters. The Morgan fingerprint density at radius 3 is 3.10 bits per heavy atom. The molecule has 1 aromatic rings. The second-order valence-electron chi connectivity index (χ2n) is 6.46. The minimum atomic E-state index is -0.440. The molecule has 0 fully saturated rings. The van der Waals surface area contributed by atoms with Crippen molar-refractivity contribution in [2.75, 3.05) is 11.9 Å². The molecule has 0 spiro atoms. The van der Waals surface area contributed by atoms with Crippen molar-refractivity contribution in [2.45, 2.75) is 58.1 Å². The Kier molecular flexibility index (Phi) is 5.04. The number of hydrogen-bond donors (Lipinski definition) is 2. The van der Waals surface area contributed by atoms with Gasteiger partial charge in [-0.05, 0) is 58.1 Å². The molecule has 21 heavy (non-hydrogen) atoms. The monoisotopic (exact) mass is 291 g/mol. The fourth-order valence-electron chi connectivity index (χ4n) is 2.44. The summed E-state index contributed by atoms with van der Waals surface area (Å²) >= 11 is 0. The largest absolute Gasteiger partial charge is 0.444 e. The molecule has 2 rings (SSSR count). The smallest absolute Gasteiger partial charge is 0.407 e. The van der Waals surface area contributed by atoms with Gasteiger partial charge in [-0.1, -0.05) is 6.07 Å². The molecule has 5 nitrogen and oxygen atoms in total. The zero-order valence-corrected chi connectivity index (χ0v) is 13.1. The molecule has 2 heterocycles. The van der Waals surface area contributed by atoms with Crippen LogP contribution in [-0.2, 0) is 11.2 Å². The van der Waals surface area contributed by atoms with Gasteiger partial charge in [0.15, 0.2) is 0 Å². The van der Waals surface area contributed by atoms with E-state index in [-0.39, 0.29) is 6.09 Å². The Hall–Kier alpha value is -1.78. The summed E-state index contributed by atoms with van der Waals surface area (Å²) in [6.07, 6.45) is 5.61. The number of aromatic nitrogens is 1. The minimum Gasteiger partial charge on any atom is -0.444 e.